The minimum atomic E-state index is -4.00. The van der Waals surface area contributed by atoms with Crippen LogP contribution in [0.2, 0.25) is 0 Å². The highest BCUT2D eigenvalue weighted by atomic mass is 32.2. The molecule has 1 heterocycles. The van der Waals surface area contributed by atoms with E-state index in [4.69, 9.17) is 9.15 Å². The quantitative estimate of drug-likeness (QED) is 0.290. The molecule has 0 unspecified atom stereocenters. The Morgan fingerprint density at radius 1 is 0.897 bits per heavy atom. The maximum atomic E-state index is 13.1. The Hall–Kier alpha value is -5.03. The molecule has 5 aromatic rings. The van der Waals surface area contributed by atoms with Gasteiger partial charge in [-0.1, -0.05) is 36.4 Å². The number of aromatic nitrogens is 1. The number of sulfonamides is 1. The summed E-state index contributed by atoms with van der Waals surface area (Å²) >= 11 is 0. The van der Waals surface area contributed by atoms with E-state index in [-0.39, 0.29) is 16.1 Å². The molecule has 39 heavy (non-hydrogen) atoms. The zero-order valence-electron chi connectivity index (χ0n) is 20.5. The molecule has 0 atom stereocenters. The summed E-state index contributed by atoms with van der Waals surface area (Å²) in [6.07, 6.45) is 0. The molecular formula is C28H21N3O7S. The van der Waals surface area contributed by atoms with Crippen molar-refractivity contribution < 1.29 is 32.0 Å². The molecule has 2 amide bonds. The minimum absolute atomic E-state index is 0.146. The van der Waals surface area contributed by atoms with Crippen molar-refractivity contribution in [3.05, 3.63) is 90.5 Å². The molecule has 0 radical (unpaired) electrons. The number of hydrogen-bond acceptors (Lipinski definition) is 8. The van der Waals surface area contributed by atoms with Gasteiger partial charge in [-0.2, -0.15) is 0 Å². The highest BCUT2D eigenvalue weighted by Gasteiger charge is 2.20. The Morgan fingerprint density at radius 3 is 2.33 bits per heavy atom. The molecule has 0 aliphatic heterocycles. The van der Waals surface area contributed by atoms with Crippen molar-refractivity contribution in [3.63, 3.8) is 0 Å². The van der Waals surface area contributed by atoms with Crippen LogP contribution in [0.4, 0.5) is 5.69 Å². The van der Waals surface area contributed by atoms with Gasteiger partial charge >= 0.3 is 5.97 Å². The van der Waals surface area contributed by atoms with E-state index in [2.05, 4.69) is 10.3 Å². The molecule has 0 saturated heterocycles. The van der Waals surface area contributed by atoms with Gasteiger partial charge in [-0.3, -0.25) is 9.59 Å². The summed E-state index contributed by atoms with van der Waals surface area (Å²) in [6.45, 7) is 0.508. The van der Waals surface area contributed by atoms with Gasteiger partial charge in [0.15, 0.2) is 12.2 Å². The SMILES string of the molecule is CC(=O)NS(=O)(=O)c1ccc(NC(=O)COC(=O)c2cccc3cccc(-c4nc5ccccc5o4)c23)cc1. The number of rotatable bonds is 7. The fraction of sp³-hybridized carbons (Fsp3) is 0.0714. The molecule has 196 valence electrons. The number of fused-ring (bicyclic) bond motifs is 2. The molecule has 0 aliphatic rings. The number of nitrogens with one attached hydrogen (secondary N) is 2. The second kappa shape index (κ2) is 10.4. The number of nitrogens with zero attached hydrogens (tertiary/aromatic N) is 1. The number of hydrogen-bond donors (Lipinski definition) is 2. The van der Waals surface area contributed by atoms with Crippen LogP contribution in [0.25, 0.3) is 33.3 Å². The number of carbonyl (C=O) groups excluding carboxylic acids is 3. The van der Waals surface area contributed by atoms with Crippen LogP contribution in [-0.2, 0) is 24.3 Å². The molecule has 5 rings (SSSR count). The maximum Gasteiger partial charge on any atom is 0.339 e. The van der Waals surface area contributed by atoms with E-state index in [1.165, 1.54) is 24.3 Å². The maximum absolute atomic E-state index is 13.1. The van der Waals surface area contributed by atoms with Crippen LogP contribution in [0.5, 0.6) is 0 Å². The Labute approximate surface area is 222 Å². The average molecular weight is 544 g/mol. The van der Waals surface area contributed by atoms with Crippen LogP contribution in [0.15, 0.2) is 94.2 Å². The van der Waals surface area contributed by atoms with Gasteiger partial charge in [0.05, 0.1) is 10.5 Å². The van der Waals surface area contributed by atoms with E-state index in [0.717, 1.165) is 12.3 Å². The summed E-state index contributed by atoms with van der Waals surface area (Å²) in [5.74, 6) is -1.71. The Morgan fingerprint density at radius 2 is 1.62 bits per heavy atom. The molecule has 0 bridgehead atoms. The molecule has 2 N–H and O–H groups in total. The van der Waals surface area contributed by atoms with Gasteiger partial charge in [-0.25, -0.2) is 22.9 Å². The number of amides is 2. The van der Waals surface area contributed by atoms with Gasteiger partial charge in [0.2, 0.25) is 11.8 Å². The van der Waals surface area contributed by atoms with E-state index >= 15 is 0 Å². The Kier molecular flexibility index (Phi) is 6.82. The average Bonchev–Trinajstić information content (AvgIpc) is 3.35. The van der Waals surface area contributed by atoms with Crippen LogP contribution in [0, 0.1) is 0 Å². The number of para-hydroxylation sites is 2. The minimum Gasteiger partial charge on any atom is -0.452 e. The van der Waals surface area contributed by atoms with Crippen LogP contribution >= 0.6 is 0 Å². The van der Waals surface area contributed by atoms with Crippen molar-refractivity contribution in [1.82, 2.24) is 9.71 Å². The van der Waals surface area contributed by atoms with Crippen LogP contribution in [0.1, 0.15) is 17.3 Å². The van der Waals surface area contributed by atoms with Gasteiger partial charge in [0.1, 0.15) is 5.52 Å². The standard InChI is InChI=1S/C28H21N3O7S/c1-17(32)31-39(35,36)20-14-12-19(13-15-20)29-25(33)16-37-28(34)22-9-5-7-18-6-4-8-21(26(18)22)27-30-23-10-2-3-11-24(23)38-27/h2-15H,16H2,1H3,(H,29,33)(H,31,32). The largest absolute Gasteiger partial charge is 0.452 e. The smallest absolute Gasteiger partial charge is 0.339 e. The summed E-state index contributed by atoms with van der Waals surface area (Å²) < 4.78 is 37.2. The first-order valence-electron chi connectivity index (χ1n) is 11.7. The monoisotopic (exact) mass is 543 g/mol. The lowest BCUT2D eigenvalue weighted by molar-refractivity contribution is -0.119. The summed E-state index contributed by atoms with van der Waals surface area (Å²) in [5.41, 5.74) is 2.42. The van der Waals surface area contributed by atoms with E-state index in [0.29, 0.717) is 27.9 Å². The zero-order chi connectivity index (χ0) is 27.6. The first-order chi connectivity index (χ1) is 18.7. The summed E-state index contributed by atoms with van der Waals surface area (Å²) in [6, 6.07) is 23.1. The third-order valence-electron chi connectivity index (χ3n) is 5.71. The highest BCUT2D eigenvalue weighted by molar-refractivity contribution is 7.90. The van der Waals surface area contributed by atoms with Crippen LogP contribution < -0.4 is 10.0 Å². The molecule has 1 aromatic heterocycles. The summed E-state index contributed by atoms with van der Waals surface area (Å²) in [5, 5.41) is 3.88. The van der Waals surface area contributed by atoms with Gasteiger partial charge in [-0.05, 0) is 53.9 Å². The Bertz CT molecular complexity index is 1810. The van der Waals surface area contributed by atoms with Crippen molar-refractivity contribution >= 4 is 55.4 Å². The van der Waals surface area contributed by atoms with Gasteiger partial charge in [-0.15, -0.1) is 0 Å². The lowest BCUT2D eigenvalue weighted by Gasteiger charge is -2.11. The molecule has 0 saturated carbocycles. The fourth-order valence-electron chi connectivity index (χ4n) is 4.05. The lowest BCUT2D eigenvalue weighted by atomic mass is 9.99. The highest BCUT2D eigenvalue weighted by Crippen LogP contribution is 2.33. The molecule has 0 fully saturated rings. The van der Waals surface area contributed by atoms with Crippen LogP contribution in [0.3, 0.4) is 0 Å². The predicted molar refractivity (Wildman–Crippen MR) is 143 cm³/mol. The van der Waals surface area contributed by atoms with Crippen molar-refractivity contribution in [2.24, 2.45) is 0 Å². The normalized spacial score (nSPS) is 11.3. The second-order valence-electron chi connectivity index (χ2n) is 8.51. The van der Waals surface area contributed by atoms with Crippen LogP contribution in [-0.4, -0.2) is 37.8 Å². The molecule has 11 heteroatoms. The van der Waals surface area contributed by atoms with E-state index in [1.807, 2.05) is 41.1 Å². The van der Waals surface area contributed by atoms with Gasteiger partial charge in [0.25, 0.3) is 15.9 Å². The molecule has 4 aromatic carbocycles. The predicted octanol–water partition coefficient (Wildman–Crippen LogP) is 4.27. The number of carbonyl (C=O) groups is 3. The third kappa shape index (κ3) is 5.48. The third-order valence-corrected chi connectivity index (χ3v) is 7.16. The first-order valence-corrected chi connectivity index (χ1v) is 13.2. The van der Waals surface area contributed by atoms with Gasteiger partial charge < -0.3 is 14.5 Å². The summed E-state index contributed by atoms with van der Waals surface area (Å²) in [4.78, 5) is 41.0. The van der Waals surface area contributed by atoms with E-state index in [1.54, 1.807) is 24.3 Å². The fourth-order valence-corrected chi connectivity index (χ4v) is 5.04. The Balaban J connectivity index is 1.32. The lowest BCUT2D eigenvalue weighted by Crippen LogP contribution is -2.28. The van der Waals surface area contributed by atoms with Crippen molar-refractivity contribution in [1.29, 1.82) is 0 Å². The first kappa shape index (κ1) is 25.6. The second-order valence-corrected chi connectivity index (χ2v) is 10.2. The van der Waals surface area contributed by atoms with Crippen molar-refractivity contribution in [2.75, 3.05) is 11.9 Å². The molecule has 0 spiro atoms. The van der Waals surface area contributed by atoms with Crippen molar-refractivity contribution in [2.45, 2.75) is 11.8 Å². The van der Waals surface area contributed by atoms with Gasteiger partial charge in [0, 0.05) is 23.6 Å². The number of ether oxygens (including phenoxy) is 1. The zero-order valence-corrected chi connectivity index (χ0v) is 21.3. The molecule has 0 aliphatic carbocycles. The molecular weight excluding hydrogens is 522 g/mol. The number of esters is 1. The summed E-state index contributed by atoms with van der Waals surface area (Å²) in [7, 11) is -4.00. The topological polar surface area (TPSA) is 145 Å². The van der Waals surface area contributed by atoms with E-state index < -0.39 is 34.4 Å². The number of oxazole rings is 1. The van der Waals surface area contributed by atoms with Crippen molar-refractivity contribution in [3.8, 4) is 11.5 Å². The molecule has 10 nitrogen and oxygen atoms in total. The van der Waals surface area contributed by atoms with E-state index in [9.17, 15) is 22.8 Å². The number of benzene rings is 4. The number of anilines is 1.